The van der Waals surface area contributed by atoms with Crippen LogP contribution in [-0.4, -0.2) is 40.6 Å². The molecule has 0 aliphatic carbocycles. The third-order valence-corrected chi connectivity index (χ3v) is 6.67. The van der Waals surface area contributed by atoms with E-state index in [9.17, 15) is 9.90 Å². The normalized spacial score (nSPS) is 19.6. The van der Waals surface area contributed by atoms with Gasteiger partial charge in [-0.2, -0.15) is 4.98 Å². The van der Waals surface area contributed by atoms with Crippen molar-refractivity contribution in [1.29, 1.82) is 0 Å². The smallest absolute Gasteiger partial charge is 0.351 e. The van der Waals surface area contributed by atoms with Crippen LogP contribution in [0.2, 0.25) is 0 Å². The van der Waals surface area contributed by atoms with E-state index in [1.165, 1.54) is 16.8 Å². The summed E-state index contributed by atoms with van der Waals surface area (Å²) in [6.45, 7) is 0.0653. The fourth-order valence-electron chi connectivity index (χ4n) is 4.83. The maximum Gasteiger partial charge on any atom is 0.351 e. The van der Waals surface area contributed by atoms with Gasteiger partial charge in [0.2, 0.25) is 0 Å². The zero-order valence-electron chi connectivity index (χ0n) is 20.4. The molecule has 2 heterocycles. The predicted octanol–water partition coefficient (Wildman–Crippen LogP) is 3.49. The first kappa shape index (κ1) is 24.7. The molecule has 4 aromatic rings. The lowest BCUT2D eigenvalue weighted by atomic mass is 9.80. The second-order valence-electron chi connectivity index (χ2n) is 8.93. The van der Waals surface area contributed by atoms with Crippen molar-refractivity contribution in [3.63, 3.8) is 0 Å². The zero-order chi connectivity index (χ0) is 25.8. The highest BCUT2D eigenvalue weighted by Gasteiger charge is 2.42. The van der Waals surface area contributed by atoms with Crippen molar-refractivity contribution < 1.29 is 19.3 Å². The maximum absolute atomic E-state index is 12.3. The van der Waals surface area contributed by atoms with E-state index in [-0.39, 0.29) is 18.8 Å². The second kappa shape index (κ2) is 10.6. The summed E-state index contributed by atoms with van der Waals surface area (Å²) >= 11 is 0. The summed E-state index contributed by atoms with van der Waals surface area (Å²) in [6, 6.07) is 29.1. The number of ether oxygens (including phenoxy) is 3. The summed E-state index contributed by atoms with van der Waals surface area (Å²) in [5.74, 6) is 0.832. The molecule has 1 aliphatic heterocycles. The number of nitrogens with two attached hydrogens (primary N) is 1. The van der Waals surface area contributed by atoms with Crippen LogP contribution in [0.3, 0.4) is 0 Å². The third-order valence-electron chi connectivity index (χ3n) is 6.67. The Hall–Kier alpha value is -3.98. The van der Waals surface area contributed by atoms with Crippen molar-refractivity contribution in [1.82, 2.24) is 9.55 Å². The van der Waals surface area contributed by atoms with Gasteiger partial charge >= 0.3 is 5.69 Å². The molecule has 37 heavy (non-hydrogen) atoms. The standard InChI is InChI=1S/C29H29N3O5/c1-35-23-14-8-13-22(17-23)29(20-9-4-2-5-10-20,21-11-6-3-7-12-21)36-19-25-24(33)18-27(37-25)32-16-15-26(30)31-28(32)34/h2-17,24-25,27,33H,18-19H2,1H3,(H2,30,31,34)/t24-,25+,27+/m0/s1. The highest BCUT2D eigenvalue weighted by molar-refractivity contribution is 5.49. The Morgan fingerprint density at radius 3 is 2.27 bits per heavy atom. The molecule has 5 rings (SSSR count). The Bertz CT molecular complexity index is 1350. The van der Waals surface area contributed by atoms with Crippen molar-refractivity contribution in [3.05, 3.63) is 124 Å². The molecule has 190 valence electrons. The number of methoxy groups -OCH3 is 1. The van der Waals surface area contributed by atoms with E-state index in [1.807, 2.05) is 84.9 Å². The van der Waals surface area contributed by atoms with Gasteiger partial charge in [0.1, 0.15) is 29.5 Å². The Morgan fingerprint density at radius 2 is 1.65 bits per heavy atom. The molecule has 1 aliphatic rings. The van der Waals surface area contributed by atoms with E-state index < -0.39 is 29.7 Å². The number of anilines is 1. The van der Waals surface area contributed by atoms with Crippen LogP contribution in [0.4, 0.5) is 5.82 Å². The summed E-state index contributed by atoms with van der Waals surface area (Å²) in [6.07, 6.45) is -0.443. The largest absolute Gasteiger partial charge is 0.497 e. The number of rotatable bonds is 8. The fraction of sp³-hybridized carbons (Fsp3) is 0.241. The summed E-state index contributed by atoms with van der Waals surface area (Å²) in [5, 5.41) is 10.9. The van der Waals surface area contributed by atoms with Gasteiger partial charge in [0, 0.05) is 12.6 Å². The summed E-state index contributed by atoms with van der Waals surface area (Å²) in [5.41, 5.74) is 6.77. The molecule has 0 saturated carbocycles. The van der Waals surface area contributed by atoms with Crippen LogP contribution in [0.5, 0.6) is 5.75 Å². The Morgan fingerprint density at radius 1 is 1.00 bits per heavy atom. The molecule has 0 spiro atoms. The second-order valence-corrected chi connectivity index (χ2v) is 8.93. The number of hydrogen-bond donors (Lipinski definition) is 2. The molecular weight excluding hydrogens is 470 g/mol. The summed E-state index contributed by atoms with van der Waals surface area (Å²) < 4.78 is 19.8. The molecule has 3 aromatic carbocycles. The highest BCUT2D eigenvalue weighted by atomic mass is 16.6. The molecule has 0 amide bonds. The van der Waals surface area contributed by atoms with Gasteiger partial charge < -0.3 is 25.1 Å². The number of benzene rings is 3. The highest BCUT2D eigenvalue weighted by Crippen LogP contribution is 2.42. The number of aliphatic hydroxyl groups is 1. The van der Waals surface area contributed by atoms with E-state index >= 15 is 0 Å². The molecule has 0 radical (unpaired) electrons. The lowest BCUT2D eigenvalue weighted by Crippen LogP contribution is -2.38. The molecule has 3 N–H and O–H groups in total. The third kappa shape index (κ3) is 4.86. The topological polar surface area (TPSA) is 109 Å². The molecule has 0 bridgehead atoms. The quantitative estimate of drug-likeness (QED) is 0.357. The molecular formula is C29H29N3O5. The number of hydrogen-bond acceptors (Lipinski definition) is 7. The Balaban J connectivity index is 1.53. The number of aromatic nitrogens is 2. The average molecular weight is 500 g/mol. The minimum Gasteiger partial charge on any atom is -0.497 e. The first-order chi connectivity index (χ1) is 18.0. The van der Waals surface area contributed by atoms with E-state index in [1.54, 1.807) is 7.11 Å². The van der Waals surface area contributed by atoms with Gasteiger partial charge in [-0.15, -0.1) is 0 Å². The SMILES string of the molecule is COc1cccc(C(OC[C@H]2O[C@@H](n3ccc(N)nc3=O)C[C@@H]2O)(c2ccccc2)c2ccccc2)c1. The first-order valence-electron chi connectivity index (χ1n) is 12.1. The van der Waals surface area contributed by atoms with Crippen molar-refractivity contribution in [2.24, 2.45) is 0 Å². The van der Waals surface area contributed by atoms with Gasteiger partial charge in [-0.25, -0.2) is 4.79 Å². The lowest BCUT2D eigenvalue weighted by molar-refractivity contribution is -0.0944. The van der Waals surface area contributed by atoms with Crippen molar-refractivity contribution >= 4 is 5.82 Å². The van der Waals surface area contributed by atoms with Crippen LogP contribution < -0.4 is 16.2 Å². The average Bonchev–Trinajstić information content (AvgIpc) is 3.30. The van der Waals surface area contributed by atoms with Gasteiger partial charge in [-0.05, 0) is 34.9 Å². The molecule has 1 aromatic heterocycles. The van der Waals surface area contributed by atoms with Crippen LogP contribution in [0, 0.1) is 0 Å². The van der Waals surface area contributed by atoms with Crippen LogP contribution in [-0.2, 0) is 15.1 Å². The van der Waals surface area contributed by atoms with Crippen LogP contribution in [0.25, 0.3) is 0 Å². The Labute approximate surface area is 214 Å². The van der Waals surface area contributed by atoms with E-state index in [2.05, 4.69) is 4.98 Å². The van der Waals surface area contributed by atoms with Crippen LogP contribution in [0.15, 0.2) is 102 Å². The fourth-order valence-corrected chi connectivity index (χ4v) is 4.83. The Kier molecular flexibility index (Phi) is 7.05. The zero-order valence-corrected chi connectivity index (χ0v) is 20.4. The van der Waals surface area contributed by atoms with Crippen molar-refractivity contribution in [2.45, 2.75) is 30.5 Å². The van der Waals surface area contributed by atoms with Crippen molar-refractivity contribution in [2.75, 3.05) is 19.5 Å². The van der Waals surface area contributed by atoms with Crippen LogP contribution in [0.1, 0.15) is 29.3 Å². The van der Waals surface area contributed by atoms with Crippen LogP contribution >= 0.6 is 0 Å². The molecule has 3 atom stereocenters. The van der Waals surface area contributed by atoms with E-state index in [4.69, 9.17) is 19.9 Å². The molecule has 8 nitrogen and oxygen atoms in total. The lowest BCUT2D eigenvalue weighted by Gasteiger charge is -2.37. The molecule has 8 heteroatoms. The van der Waals surface area contributed by atoms with Gasteiger partial charge in [0.05, 0.1) is 19.8 Å². The van der Waals surface area contributed by atoms with Gasteiger partial charge in [-0.1, -0.05) is 72.8 Å². The maximum atomic E-state index is 12.3. The van der Waals surface area contributed by atoms with Gasteiger partial charge in [0.25, 0.3) is 0 Å². The number of aliphatic hydroxyl groups excluding tert-OH is 1. The predicted molar refractivity (Wildman–Crippen MR) is 139 cm³/mol. The van der Waals surface area contributed by atoms with Gasteiger partial charge in [-0.3, -0.25) is 4.57 Å². The summed E-state index contributed by atoms with van der Waals surface area (Å²) in [4.78, 5) is 16.1. The number of nitrogens with zero attached hydrogens (tertiary/aromatic N) is 2. The molecule has 1 saturated heterocycles. The van der Waals surface area contributed by atoms with Crippen molar-refractivity contribution in [3.8, 4) is 5.75 Å². The summed E-state index contributed by atoms with van der Waals surface area (Å²) in [7, 11) is 1.63. The van der Waals surface area contributed by atoms with E-state index in [0.29, 0.717) is 5.75 Å². The first-order valence-corrected chi connectivity index (χ1v) is 12.1. The number of nitrogen functional groups attached to an aromatic ring is 1. The van der Waals surface area contributed by atoms with Gasteiger partial charge in [0.15, 0.2) is 0 Å². The van der Waals surface area contributed by atoms with E-state index in [0.717, 1.165) is 16.7 Å². The molecule has 1 fully saturated rings. The molecule has 0 unspecified atom stereocenters. The monoisotopic (exact) mass is 499 g/mol. The minimum atomic E-state index is -1.02. The minimum absolute atomic E-state index is 0.0653.